The molecule has 2 aromatic heterocycles. The molecule has 0 radical (unpaired) electrons. The van der Waals surface area contributed by atoms with Gasteiger partial charge in [0.05, 0.1) is 5.56 Å². The summed E-state index contributed by atoms with van der Waals surface area (Å²) in [6.45, 7) is 4.23. The molecular formula is C18H16N4O. The summed E-state index contributed by atoms with van der Waals surface area (Å²) >= 11 is 0. The predicted molar refractivity (Wildman–Crippen MR) is 89.2 cm³/mol. The topological polar surface area (TPSA) is 49.6 Å². The fourth-order valence-corrected chi connectivity index (χ4v) is 2.94. The fraction of sp³-hybridized carbons (Fsp3) is 0.111. The van der Waals surface area contributed by atoms with Crippen LogP contribution in [-0.4, -0.2) is 26.7 Å². The molecule has 0 aliphatic carbocycles. The number of carbonyl (C=O) groups is 1. The SMILES string of the molecule is C=CCN1C(=O)c2ccccc2NC1c1cn2ccccc2n1. The monoisotopic (exact) mass is 304 g/mol. The number of nitrogens with zero attached hydrogens (tertiary/aromatic N) is 3. The van der Waals surface area contributed by atoms with Crippen LogP contribution >= 0.6 is 0 Å². The Morgan fingerprint density at radius 3 is 2.87 bits per heavy atom. The van der Waals surface area contributed by atoms with Gasteiger partial charge in [0.2, 0.25) is 0 Å². The second kappa shape index (κ2) is 5.28. The number of pyridine rings is 1. The first-order chi connectivity index (χ1) is 11.3. The summed E-state index contributed by atoms with van der Waals surface area (Å²) in [7, 11) is 0. The van der Waals surface area contributed by atoms with Gasteiger partial charge in [0.25, 0.3) is 5.91 Å². The lowest BCUT2D eigenvalue weighted by atomic mass is 10.1. The highest BCUT2D eigenvalue weighted by Gasteiger charge is 2.33. The number of anilines is 1. The Labute approximate surface area is 133 Å². The van der Waals surface area contributed by atoms with Gasteiger partial charge < -0.3 is 14.6 Å². The zero-order valence-corrected chi connectivity index (χ0v) is 12.5. The van der Waals surface area contributed by atoms with Crippen molar-refractivity contribution in [3.8, 4) is 0 Å². The molecule has 0 bridgehead atoms. The van der Waals surface area contributed by atoms with Gasteiger partial charge in [-0.05, 0) is 24.3 Å². The van der Waals surface area contributed by atoms with Crippen molar-refractivity contribution in [2.75, 3.05) is 11.9 Å². The van der Waals surface area contributed by atoms with E-state index in [4.69, 9.17) is 0 Å². The lowest BCUT2D eigenvalue weighted by Gasteiger charge is -2.36. The summed E-state index contributed by atoms with van der Waals surface area (Å²) in [5.41, 5.74) is 3.17. The predicted octanol–water partition coefficient (Wildman–Crippen LogP) is 3.09. The van der Waals surface area contributed by atoms with Crippen molar-refractivity contribution >= 4 is 17.2 Å². The third-order valence-electron chi connectivity index (χ3n) is 4.01. The molecular weight excluding hydrogens is 288 g/mol. The Bertz CT molecular complexity index is 866. The van der Waals surface area contributed by atoms with Crippen molar-refractivity contribution in [3.63, 3.8) is 0 Å². The number of amides is 1. The average Bonchev–Trinajstić information content (AvgIpc) is 3.01. The molecule has 5 heteroatoms. The number of benzene rings is 1. The second-order valence-corrected chi connectivity index (χ2v) is 5.47. The van der Waals surface area contributed by atoms with Gasteiger partial charge in [0, 0.05) is 24.6 Å². The molecule has 0 fully saturated rings. The molecule has 1 aliphatic heterocycles. The third kappa shape index (κ3) is 2.17. The maximum Gasteiger partial charge on any atom is 0.258 e. The summed E-state index contributed by atoms with van der Waals surface area (Å²) < 4.78 is 1.95. The van der Waals surface area contributed by atoms with E-state index in [1.807, 2.05) is 59.3 Å². The van der Waals surface area contributed by atoms with E-state index in [9.17, 15) is 4.79 Å². The minimum absolute atomic E-state index is 0.0127. The molecule has 0 saturated carbocycles. The van der Waals surface area contributed by atoms with Crippen molar-refractivity contribution < 1.29 is 4.79 Å². The minimum Gasteiger partial charge on any atom is -0.359 e. The Hall–Kier alpha value is -3.08. The fourth-order valence-electron chi connectivity index (χ4n) is 2.94. The van der Waals surface area contributed by atoms with Crippen LogP contribution in [0.15, 0.2) is 67.5 Å². The lowest BCUT2D eigenvalue weighted by molar-refractivity contribution is 0.0704. The summed E-state index contributed by atoms with van der Waals surface area (Å²) in [4.78, 5) is 19.2. The molecule has 23 heavy (non-hydrogen) atoms. The highest BCUT2D eigenvalue weighted by molar-refractivity contribution is 6.01. The Morgan fingerprint density at radius 2 is 2.04 bits per heavy atom. The largest absolute Gasteiger partial charge is 0.359 e. The van der Waals surface area contributed by atoms with E-state index < -0.39 is 0 Å². The molecule has 1 aliphatic rings. The number of hydrogen-bond donors (Lipinski definition) is 1. The average molecular weight is 304 g/mol. The van der Waals surface area contributed by atoms with E-state index in [-0.39, 0.29) is 12.1 Å². The molecule has 3 aromatic rings. The highest BCUT2D eigenvalue weighted by atomic mass is 16.2. The number of nitrogens with one attached hydrogen (secondary N) is 1. The molecule has 3 heterocycles. The number of carbonyl (C=O) groups excluding carboxylic acids is 1. The molecule has 114 valence electrons. The maximum atomic E-state index is 12.8. The second-order valence-electron chi connectivity index (χ2n) is 5.47. The summed E-state index contributed by atoms with van der Waals surface area (Å²) in [6, 6.07) is 13.4. The number of rotatable bonds is 3. The molecule has 1 N–H and O–H groups in total. The molecule has 1 unspecified atom stereocenters. The molecule has 1 atom stereocenters. The van der Waals surface area contributed by atoms with E-state index in [2.05, 4.69) is 16.9 Å². The van der Waals surface area contributed by atoms with Crippen molar-refractivity contribution in [1.29, 1.82) is 0 Å². The molecule has 1 amide bonds. The summed E-state index contributed by atoms with van der Waals surface area (Å²) in [5, 5.41) is 3.42. The number of imidazole rings is 1. The van der Waals surface area contributed by atoms with Gasteiger partial charge in [-0.15, -0.1) is 6.58 Å². The zero-order valence-electron chi connectivity index (χ0n) is 12.5. The molecule has 5 nitrogen and oxygen atoms in total. The van der Waals surface area contributed by atoms with Crippen molar-refractivity contribution in [2.45, 2.75) is 6.17 Å². The smallest absolute Gasteiger partial charge is 0.258 e. The Morgan fingerprint density at radius 1 is 1.22 bits per heavy atom. The first-order valence-electron chi connectivity index (χ1n) is 7.49. The van der Waals surface area contributed by atoms with Gasteiger partial charge in [0.1, 0.15) is 17.5 Å². The molecule has 0 spiro atoms. The highest BCUT2D eigenvalue weighted by Crippen LogP contribution is 2.32. The van der Waals surface area contributed by atoms with Crippen LogP contribution in [0.3, 0.4) is 0 Å². The maximum absolute atomic E-state index is 12.8. The third-order valence-corrected chi connectivity index (χ3v) is 4.01. The molecule has 0 saturated heterocycles. The lowest BCUT2D eigenvalue weighted by Crippen LogP contribution is -2.43. The van der Waals surface area contributed by atoms with Gasteiger partial charge in [-0.2, -0.15) is 0 Å². The number of para-hydroxylation sites is 1. The summed E-state index contributed by atoms with van der Waals surface area (Å²) in [6.07, 6.45) is 5.32. The molecule has 4 rings (SSSR count). The van der Waals surface area contributed by atoms with Crippen LogP contribution < -0.4 is 5.32 Å². The minimum atomic E-state index is -0.310. The number of hydrogen-bond acceptors (Lipinski definition) is 3. The zero-order chi connectivity index (χ0) is 15.8. The van der Waals surface area contributed by atoms with Crippen LogP contribution in [-0.2, 0) is 0 Å². The van der Waals surface area contributed by atoms with Gasteiger partial charge in [-0.25, -0.2) is 4.98 Å². The van der Waals surface area contributed by atoms with Crippen LogP contribution in [0.5, 0.6) is 0 Å². The first kappa shape index (κ1) is 13.6. The van der Waals surface area contributed by atoms with E-state index in [1.165, 1.54) is 0 Å². The standard InChI is InChI=1S/C18H16N4O/c1-2-10-22-17(15-12-21-11-6-5-9-16(21)19-15)20-14-8-4-3-7-13(14)18(22)23/h2-9,11-12,17,20H,1,10H2. The van der Waals surface area contributed by atoms with Crippen LogP contribution in [0.1, 0.15) is 22.2 Å². The first-order valence-corrected chi connectivity index (χ1v) is 7.49. The van der Waals surface area contributed by atoms with Gasteiger partial charge in [-0.3, -0.25) is 4.79 Å². The number of fused-ring (bicyclic) bond motifs is 2. The van der Waals surface area contributed by atoms with Crippen LogP contribution in [0.25, 0.3) is 5.65 Å². The van der Waals surface area contributed by atoms with E-state index >= 15 is 0 Å². The van der Waals surface area contributed by atoms with Gasteiger partial charge >= 0.3 is 0 Å². The van der Waals surface area contributed by atoms with E-state index in [1.54, 1.807) is 11.0 Å². The quantitative estimate of drug-likeness (QED) is 0.757. The summed E-state index contributed by atoms with van der Waals surface area (Å²) in [5.74, 6) is -0.0127. The Balaban J connectivity index is 1.82. The van der Waals surface area contributed by atoms with Crippen LogP contribution in [0.2, 0.25) is 0 Å². The Kier molecular flexibility index (Phi) is 3.12. The number of aromatic nitrogens is 2. The van der Waals surface area contributed by atoms with E-state index in [0.29, 0.717) is 12.1 Å². The molecule has 1 aromatic carbocycles. The van der Waals surface area contributed by atoms with Crippen molar-refractivity contribution in [2.24, 2.45) is 0 Å². The normalized spacial score (nSPS) is 17.0. The van der Waals surface area contributed by atoms with Crippen LogP contribution in [0.4, 0.5) is 5.69 Å². The van der Waals surface area contributed by atoms with Gasteiger partial charge in [0.15, 0.2) is 0 Å². The van der Waals surface area contributed by atoms with Crippen LogP contribution in [0, 0.1) is 0 Å². The van der Waals surface area contributed by atoms with Crippen molar-refractivity contribution in [3.05, 3.63) is 78.8 Å². The van der Waals surface area contributed by atoms with Gasteiger partial charge in [-0.1, -0.05) is 24.3 Å². The van der Waals surface area contributed by atoms with E-state index in [0.717, 1.165) is 17.0 Å². The van der Waals surface area contributed by atoms with Crippen molar-refractivity contribution in [1.82, 2.24) is 14.3 Å².